The molecule has 3 heterocycles. The Kier molecular flexibility index (Phi) is 3.66. The van der Waals surface area contributed by atoms with E-state index in [0.29, 0.717) is 5.56 Å². The Morgan fingerprint density at radius 2 is 2.04 bits per heavy atom. The van der Waals surface area contributed by atoms with Crippen molar-refractivity contribution in [3.05, 3.63) is 47.8 Å². The number of aromatic nitrogens is 3. The molecule has 0 saturated carbocycles. The van der Waals surface area contributed by atoms with Gasteiger partial charge in [-0.1, -0.05) is 0 Å². The van der Waals surface area contributed by atoms with Crippen molar-refractivity contribution in [2.45, 2.75) is 19.9 Å². The minimum absolute atomic E-state index is 0.288. The van der Waals surface area contributed by atoms with Crippen LogP contribution in [0.3, 0.4) is 0 Å². The predicted molar refractivity (Wildman–Crippen MR) is 86.6 cm³/mol. The van der Waals surface area contributed by atoms with E-state index >= 15 is 0 Å². The highest BCUT2D eigenvalue weighted by atomic mass is 15.2. The van der Waals surface area contributed by atoms with Crippen LogP contribution in [0.1, 0.15) is 18.1 Å². The fourth-order valence-corrected chi connectivity index (χ4v) is 2.34. The van der Waals surface area contributed by atoms with Crippen molar-refractivity contribution in [3.8, 4) is 23.5 Å². The highest BCUT2D eigenvalue weighted by Gasteiger charge is 2.11. The number of fused-ring (bicyclic) bond motifs is 1. The maximum absolute atomic E-state index is 8.96. The fourth-order valence-electron chi connectivity index (χ4n) is 2.34. The lowest BCUT2D eigenvalue weighted by molar-refractivity contribution is 0.938. The molecule has 0 bridgehead atoms. The third kappa shape index (κ3) is 2.70. The highest BCUT2D eigenvalue weighted by molar-refractivity contribution is 5.68. The predicted octanol–water partition coefficient (Wildman–Crippen LogP) is 2.90. The Hall–Kier alpha value is -3.38. The average molecular weight is 302 g/mol. The topological polar surface area (TPSA) is 89.8 Å². The smallest absolute Gasteiger partial charge is 0.111 e. The third-order valence-corrected chi connectivity index (χ3v) is 3.56. The largest absolute Gasteiger partial charge is 0.370 e. The maximum atomic E-state index is 8.96. The van der Waals surface area contributed by atoms with E-state index in [-0.39, 0.29) is 6.04 Å². The van der Waals surface area contributed by atoms with E-state index in [9.17, 15) is 0 Å². The average Bonchev–Trinajstić information content (AvgIpc) is 2.99. The van der Waals surface area contributed by atoms with Gasteiger partial charge < -0.3 is 5.32 Å². The summed E-state index contributed by atoms with van der Waals surface area (Å²) in [6.07, 6.45) is 3.30. The van der Waals surface area contributed by atoms with Crippen molar-refractivity contribution in [2.24, 2.45) is 0 Å². The molecule has 112 valence electrons. The van der Waals surface area contributed by atoms with Crippen molar-refractivity contribution in [2.75, 3.05) is 5.32 Å². The highest BCUT2D eigenvalue weighted by Crippen LogP contribution is 2.25. The standard InChI is InChI=1S/C17H14N6/c1-11-9-20-16(6-15(11)22-12(2)7-18)17-4-3-14-5-13(8-19)10-21-23(14)17/h3-6,9-10,12H,1-2H3,(H,20,22)/t12-/m1/s1. The first-order valence-corrected chi connectivity index (χ1v) is 7.13. The molecular formula is C17H14N6. The molecule has 6 heteroatoms. The van der Waals surface area contributed by atoms with Crippen LogP contribution in [0.15, 0.2) is 36.7 Å². The van der Waals surface area contributed by atoms with Gasteiger partial charge in [-0.25, -0.2) is 4.52 Å². The number of aryl methyl sites for hydroxylation is 1. The molecule has 1 N–H and O–H groups in total. The van der Waals surface area contributed by atoms with Gasteiger partial charge in [0.2, 0.25) is 0 Å². The summed E-state index contributed by atoms with van der Waals surface area (Å²) in [6, 6.07) is 11.5. The number of nitriles is 2. The normalized spacial score (nSPS) is 11.7. The summed E-state index contributed by atoms with van der Waals surface area (Å²) in [5.41, 5.74) is 4.77. The summed E-state index contributed by atoms with van der Waals surface area (Å²) >= 11 is 0. The van der Waals surface area contributed by atoms with Crippen LogP contribution in [0.25, 0.3) is 16.9 Å². The molecule has 0 aliphatic rings. The Morgan fingerprint density at radius 3 is 2.78 bits per heavy atom. The number of pyridine rings is 1. The molecule has 1 atom stereocenters. The van der Waals surface area contributed by atoms with E-state index in [1.807, 2.05) is 25.1 Å². The van der Waals surface area contributed by atoms with Gasteiger partial charge in [0.05, 0.1) is 34.7 Å². The molecule has 0 fully saturated rings. The second-order valence-electron chi connectivity index (χ2n) is 5.29. The van der Waals surface area contributed by atoms with Crippen LogP contribution in [0.4, 0.5) is 5.69 Å². The van der Waals surface area contributed by atoms with Crippen LogP contribution >= 0.6 is 0 Å². The van der Waals surface area contributed by atoms with Gasteiger partial charge in [0.25, 0.3) is 0 Å². The summed E-state index contributed by atoms with van der Waals surface area (Å²) < 4.78 is 1.75. The van der Waals surface area contributed by atoms with E-state index in [2.05, 4.69) is 27.5 Å². The number of hydrogen-bond donors (Lipinski definition) is 1. The zero-order valence-electron chi connectivity index (χ0n) is 12.8. The lowest BCUT2D eigenvalue weighted by Crippen LogP contribution is -2.13. The number of nitrogens with zero attached hydrogens (tertiary/aromatic N) is 5. The van der Waals surface area contributed by atoms with Crippen molar-refractivity contribution < 1.29 is 0 Å². The van der Waals surface area contributed by atoms with E-state index in [1.54, 1.807) is 23.7 Å². The van der Waals surface area contributed by atoms with Gasteiger partial charge in [-0.05, 0) is 43.7 Å². The lowest BCUT2D eigenvalue weighted by Gasteiger charge is -2.12. The zero-order valence-corrected chi connectivity index (χ0v) is 12.8. The molecule has 3 aromatic rings. The monoisotopic (exact) mass is 302 g/mol. The van der Waals surface area contributed by atoms with Gasteiger partial charge in [0.1, 0.15) is 12.1 Å². The van der Waals surface area contributed by atoms with Crippen LogP contribution in [0, 0.1) is 29.6 Å². The molecule has 0 aliphatic carbocycles. The molecule has 0 saturated heterocycles. The number of nitrogens with one attached hydrogen (secondary N) is 1. The minimum Gasteiger partial charge on any atom is -0.370 e. The second-order valence-corrected chi connectivity index (χ2v) is 5.29. The quantitative estimate of drug-likeness (QED) is 0.803. The summed E-state index contributed by atoms with van der Waals surface area (Å²) in [6.45, 7) is 3.74. The van der Waals surface area contributed by atoms with Crippen LogP contribution < -0.4 is 5.32 Å². The summed E-state index contributed by atoms with van der Waals surface area (Å²) in [5, 5.41) is 25.4. The Balaban J connectivity index is 2.07. The summed E-state index contributed by atoms with van der Waals surface area (Å²) in [7, 11) is 0. The molecule has 0 radical (unpaired) electrons. The van der Waals surface area contributed by atoms with Crippen molar-refractivity contribution in [3.63, 3.8) is 0 Å². The lowest BCUT2D eigenvalue weighted by atomic mass is 10.2. The molecular weight excluding hydrogens is 288 g/mol. The summed E-state index contributed by atoms with van der Waals surface area (Å²) in [5.74, 6) is 0. The molecule has 23 heavy (non-hydrogen) atoms. The van der Waals surface area contributed by atoms with Gasteiger partial charge in [-0.15, -0.1) is 0 Å². The molecule has 0 unspecified atom stereocenters. The van der Waals surface area contributed by atoms with Gasteiger partial charge in [0, 0.05) is 11.9 Å². The molecule has 0 amide bonds. The number of anilines is 1. The molecule has 6 nitrogen and oxygen atoms in total. The van der Waals surface area contributed by atoms with E-state index in [4.69, 9.17) is 10.5 Å². The molecule has 0 spiro atoms. The van der Waals surface area contributed by atoms with Gasteiger partial charge in [0.15, 0.2) is 0 Å². The van der Waals surface area contributed by atoms with Crippen molar-refractivity contribution in [1.82, 2.24) is 14.6 Å². The van der Waals surface area contributed by atoms with Crippen LogP contribution in [-0.2, 0) is 0 Å². The molecule has 0 aliphatic heterocycles. The Labute approximate surface area is 133 Å². The van der Waals surface area contributed by atoms with Gasteiger partial charge in [-0.2, -0.15) is 15.6 Å². The third-order valence-electron chi connectivity index (χ3n) is 3.56. The first kappa shape index (κ1) is 14.6. The van der Waals surface area contributed by atoms with E-state index < -0.39 is 0 Å². The molecule has 3 aromatic heterocycles. The SMILES string of the molecule is Cc1cnc(-c2ccc3cc(C#N)cnn23)cc1N[C@H](C)C#N. The second kappa shape index (κ2) is 5.78. The molecule has 0 aromatic carbocycles. The van der Waals surface area contributed by atoms with Gasteiger partial charge in [-0.3, -0.25) is 4.98 Å². The maximum Gasteiger partial charge on any atom is 0.111 e. The number of rotatable bonds is 3. The van der Waals surface area contributed by atoms with E-state index in [1.165, 1.54) is 6.20 Å². The van der Waals surface area contributed by atoms with E-state index in [0.717, 1.165) is 28.2 Å². The fraction of sp³-hybridized carbons (Fsp3) is 0.176. The van der Waals surface area contributed by atoms with Crippen LogP contribution in [-0.4, -0.2) is 20.6 Å². The van der Waals surface area contributed by atoms with Crippen molar-refractivity contribution >= 4 is 11.2 Å². The Morgan fingerprint density at radius 1 is 1.22 bits per heavy atom. The van der Waals surface area contributed by atoms with Gasteiger partial charge >= 0.3 is 0 Å². The Bertz CT molecular complexity index is 957. The summed E-state index contributed by atoms with van der Waals surface area (Å²) in [4.78, 5) is 4.46. The first-order valence-electron chi connectivity index (χ1n) is 7.13. The number of hydrogen-bond acceptors (Lipinski definition) is 5. The van der Waals surface area contributed by atoms with Crippen LogP contribution in [0.2, 0.25) is 0 Å². The molecule has 3 rings (SSSR count). The minimum atomic E-state index is -0.288. The first-order chi connectivity index (χ1) is 11.1. The zero-order chi connectivity index (χ0) is 16.4. The van der Waals surface area contributed by atoms with Crippen LogP contribution in [0.5, 0.6) is 0 Å². The van der Waals surface area contributed by atoms with Crippen molar-refractivity contribution in [1.29, 1.82) is 10.5 Å².